The number of aromatic nitrogens is 6. The molecule has 21 heteroatoms. The molecule has 1 saturated carbocycles. The van der Waals surface area contributed by atoms with E-state index in [4.69, 9.17) is 24.5 Å². The molecule has 5 aromatic heterocycles. The number of fused-ring (bicyclic) bond motifs is 2. The highest BCUT2D eigenvalue weighted by molar-refractivity contribution is 7.13. The third kappa shape index (κ3) is 11.4. The summed E-state index contributed by atoms with van der Waals surface area (Å²) in [6.45, 7) is 12.2. The lowest BCUT2D eigenvalue weighted by Crippen LogP contribution is -2.54. The van der Waals surface area contributed by atoms with E-state index in [0.717, 1.165) is 97.9 Å². The van der Waals surface area contributed by atoms with Gasteiger partial charge in [0, 0.05) is 106 Å². The van der Waals surface area contributed by atoms with Crippen molar-refractivity contribution in [1.82, 2.24) is 45.4 Å². The maximum absolute atomic E-state index is 14.2. The van der Waals surface area contributed by atoms with Crippen molar-refractivity contribution in [1.29, 1.82) is 0 Å². The number of piperidine rings is 1. The number of hydrogen-bond acceptors (Lipinski definition) is 19. The quantitative estimate of drug-likeness (QED) is 0.0713. The van der Waals surface area contributed by atoms with Crippen LogP contribution in [-0.2, 0) is 14.3 Å². The maximum Gasteiger partial charge on any atom is 0.254 e. The van der Waals surface area contributed by atoms with E-state index in [1.807, 2.05) is 64.2 Å². The minimum absolute atomic E-state index is 0.0405. The van der Waals surface area contributed by atoms with Gasteiger partial charge in [-0.1, -0.05) is 32.0 Å². The monoisotopic (exact) mass is 1070 g/mol. The number of nitrogens with zero attached hydrogens (tertiary/aromatic N) is 10. The lowest BCUT2D eigenvalue weighted by Gasteiger charge is -2.43. The van der Waals surface area contributed by atoms with Crippen LogP contribution in [-0.4, -0.2) is 151 Å². The Morgan fingerprint density at radius 2 is 1.68 bits per heavy atom. The minimum atomic E-state index is -0.850. The molecule has 5 aliphatic rings. The number of thiazole rings is 1. The molecule has 5 fully saturated rings. The summed E-state index contributed by atoms with van der Waals surface area (Å²) in [5.74, 6) is 0.263. The van der Waals surface area contributed by atoms with Gasteiger partial charge in [-0.3, -0.25) is 19.5 Å². The molecule has 20 nitrogen and oxygen atoms in total. The van der Waals surface area contributed by atoms with Crippen LogP contribution in [0, 0.1) is 12.8 Å². The number of likely N-dealkylation sites (tertiary alicyclic amines) is 2. The number of nitrogen functional groups attached to an aromatic ring is 1. The fraction of sp³-hybridized carbons (Fsp3) is 0.500. The number of piperazine rings is 1. The van der Waals surface area contributed by atoms with Gasteiger partial charge in [0.15, 0.2) is 11.6 Å². The summed E-state index contributed by atoms with van der Waals surface area (Å²) in [5.41, 5.74) is 13.9. The standard InChI is InChI=1S/C56H68N12O8S/c1-32(2)52(56(72)67-30-39(69)22-47(67)55(71)61-33(3)35-9-12-44(59-27-35)53-34(4)60-31-77-53)49-26-51(64-76-49)73-20-19-65-17-14-40(15-18-65)74-41-23-42(24-41)75-50-21-36(13-16-58-50)68-37-10-11-38(68)29-66(28-37)46-25-45(62-63-54(46)57)43-7-5-6-8-48(43)70/h5-9,12-13,16,21,25-27,31-33,37-42,47,52,69-70H,10-11,14-15,17-20,22-24,28-30H2,1-4H3,(H2,57,63)(H,61,71)/t33-,37+,38?,39-,41?,42?,47+,52?/m0/s1. The zero-order valence-corrected chi connectivity index (χ0v) is 44.8. The molecule has 77 heavy (non-hydrogen) atoms. The number of carbonyl (C=O) groups excluding carboxylic acids is 2. The van der Waals surface area contributed by atoms with E-state index in [1.54, 1.807) is 29.9 Å². The molecular formula is C56H68N12O8S. The number of rotatable bonds is 18. The number of nitrogens with one attached hydrogen (secondary N) is 1. The smallest absolute Gasteiger partial charge is 0.254 e. The van der Waals surface area contributed by atoms with Crippen molar-refractivity contribution in [2.24, 2.45) is 5.92 Å². The Labute approximate surface area is 451 Å². The number of aliphatic hydroxyl groups is 1. The first-order chi connectivity index (χ1) is 37.3. The van der Waals surface area contributed by atoms with Crippen molar-refractivity contribution in [3.05, 3.63) is 95.6 Å². The molecule has 1 aromatic carbocycles. The van der Waals surface area contributed by atoms with E-state index in [2.05, 4.69) is 62.5 Å². The predicted octanol–water partition coefficient (Wildman–Crippen LogP) is 6.55. The molecule has 5 N–H and O–H groups in total. The van der Waals surface area contributed by atoms with Crippen LogP contribution in [0.25, 0.3) is 21.8 Å². The first kappa shape index (κ1) is 52.1. The molecule has 0 spiro atoms. The van der Waals surface area contributed by atoms with Crippen molar-refractivity contribution in [3.63, 3.8) is 0 Å². The van der Waals surface area contributed by atoms with Crippen LogP contribution < -0.4 is 30.3 Å². The molecule has 4 saturated heterocycles. The Balaban J connectivity index is 0.601. The van der Waals surface area contributed by atoms with Crippen molar-refractivity contribution >= 4 is 40.3 Å². The van der Waals surface area contributed by atoms with Crippen LogP contribution in [0.15, 0.2) is 83.1 Å². The number of aromatic hydroxyl groups is 1. The minimum Gasteiger partial charge on any atom is -0.507 e. The average molecular weight is 1070 g/mol. The molecule has 0 radical (unpaired) electrons. The van der Waals surface area contributed by atoms with E-state index >= 15 is 0 Å². The third-order valence-electron chi connectivity index (χ3n) is 16.0. The fourth-order valence-corrected chi connectivity index (χ4v) is 12.6. The van der Waals surface area contributed by atoms with Crippen molar-refractivity contribution in [2.75, 3.05) is 61.4 Å². The molecule has 6 atom stereocenters. The third-order valence-corrected chi connectivity index (χ3v) is 16.9. The van der Waals surface area contributed by atoms with Gasteiger partial charge in [-0.2, -0.15) is 0 Å². The van der Waals surface area contributed by atoms with Crippen LogP contribution >= 0.6 is 11.3 Å². The molecule has 2 amide bonds. The number of nitrogens with two attached hydrogens (primary N) is 1. The van der Waals surface area contributed by atoms with Gasteiger partial charge in [0.25, 0.3) is 5.88 Å². The molecule has 2 bridgehead atoms. The fourth-order valence-electron chi connectivity index (χ4n) is 11.8. The number of aryl methyl sites for hydroxylation is 1. The summed E-state index contributed by atoms with van der Waals surface area (Å²) in [7, 11) is 0. The molecule has 4 aliphatic heterocycles. The molecular weight excluding hydrogens is 1000 g/mol. The summed E-state index contributed by atoms with van der Waals surface area (Å²) in [4.78, 5) is 51.1. The number of carbonyl (C=O) groups is 2. The molecule has 6 aromatic rings. The first-order valence-electron chi connectivity index (χ1n) is 27.0. The van der Waals surface area contributed by atoms with Crippen LogP contribution in [0.3, 0.4) is 0 Å². The lowest BCUT2D eigenvalue weighted by atomic mass is 9.91. The van der Waals surface area contributed by atoms with Gasteiger partial charge in [0.1, 0.15) is 30.4 Å². The number of β-amino-alcohol motifs (C(OH)–C–C–N with tert-alkyl or cyclic N) is 1. The number of para-hydroxylation sites is 1. The summed E-state index contributed by atoms with van der Waals surface area (Å²) in [5, 5.41) is 36.9. The number of benzene rings is 1. The normalized spacial score (nSPS) is 23.5. The highest BCUT2D eigenvalue weighted by Crippen LogP contribution is 2.41. The van der Waals surface area contributed by atoms with E-state index in [-0.39, 0.29) is 72.9 Å². The average Bonchev–Trinajstić information content (AvgIpc) is 4.22. The van der Waals surface area contributed by atoms with Gasteiger partial charge in [-0.05, 0) is 86.5 Å². The molecule has 2 unspecified atom stereocenters. The van der Waals surface area contributed by atoms with Crippen molar-refractivity contribution in [2.45, 2.75) is 127 Å². The molecule has 1 aliphatic carbocycles. The van der Waals surface area contributed by atoms with Gasteiger partial charge in [0.05, 0.1) is 57.5 Å². The predicted molar refractivity (Wildman–Crippen MR) is 290 cm³/mol. The SMILES string of the molecule is Cc1ncsc1-c1ccc([C@H](C)NC(=O)[C@H]2C[C@H](O)CN2C(=O)C(c2cc(OCCN3CCC(OC4CC(Oc5cc(N6C7CC[C@@H]6CN(c6cc(-c8ccccc8O)nnc6N)C7)ccn5)C4)CC3)no2)C(C)C)cn1. The number of amides is 2. The van der Waals surface area contributed by atoms with E-state index in [0.29, 0.717) is 47.7 Å². The number of phenolic OH excluding ortho intramolecular Hbond substituents is 1. The molecule has 11 rings (SSSR count). The van der Waals surface area contributed by atoms with Gasteiger partial charge in [-0.25, -0.2) is 9.97 Å². The Hall–Kier alpha value is -6.94. The lowest BCUT2D eigenvalue weighted by molar-refractivity contribution is -0.141. The zero-order chi connectivity index (χ0) is 53.3. The Bertz CT molecular complexity index is 3000. The molecule has 406 valence electrons. The highest BCUT2D eigenvalue weighted by Gasteiger charge is 2.45. The second kappa shape index (κ2) is 22.6. The van der Waals surface area contributed by atoms with E-state index in [9.17, 15) is 19.8 Å². The highest BCUT2D eigenvalue weighted by atomic mass is 32.1. The van der Waals surface area contributed by atoms with Crippen LogP contribution in [0.4, 0.5) is 17.2 Å². The Morgan fingerprint density at radius 3 is 2.40 bits per heavy atom. The largest absolute Gasteiger partial charge is 0.507 e. The summed E-state index contributed by atoms with van der Waals surface area (Å²) >= 11 is 1.53. The summed E-state index contributed by atoms with van der Waals surface area (Å²) < 4.78 is 24.7. The number of pyridine rings is 2. The van der Waals surface area contributed by atoms with Crippen LogP contribution in [0.1, 0.15) is 94.7 Å². The van der Waals surface area contributed by atoms with Gasteiger partial charge >= 0.3 is 0 Å². The number of anilines is 3. The van der Waals surface area contributed by atoms with Gasteiger partial charge in [0.2, 0.25) is 17.7 Å². The zero-order valence-electron chi connectivity index (χ0n) is 44.0. The Kier molecular flexibility index (Phi) is 15.3. The van der Waals surface area contributed by atoms with E-state index < -0.39 is 18.1 Å². The van der Waals surface area contributed by atoms with Crippen molar-refractivity contribution < 1.29 is 38.5 Å². The van der Waals surface area contributed by atoms with Gasteiger partial charge in [-0.15, -0.1) is 21.5 Å². The first-order valence-corrected chi connectivity index (χ1v) is 27.9. The second-order valence-electron chi connectivity index (χ2n) is 21.6. The van der Waals surface area contributed by atoms with E-state index in [1.165, 1.54) is 16.2 Å². The topological polar surface area (TPSA) is 244 Å². The summed E-state index contributed by atoms with van der Waals surface area (Å²) in [6.07, 6.45) is 8.92. The molecule has 9 heterocycles. The second-order valence-corrected chi connectivity index (χ2v) is 22.4. The number of phenols is 1. The van der Waals surface area contributed by atoms with Crippen LogP contribution in [0.5, 0.6) is 17.5 Å². The number of ether oxygens (including phenoxy) is 3. The number of hydrogen-bond donors (Lipinski definition) is 4. The van der Waals surface area contributed by atoms with Crippen molar-refractivity contribution in [3.8, 4) is 39.3 Å². The van der Waals surface area contributed by atoms with Crippen LogP contribution in [0.2, 0.25) is 0 Å². The number of aliphatic hydroxyl groups excluding tert-OH is 1. The van der Waals surface area contributed by atoms with Gasteiger partial charge < -0.3 is 54.7 Å². The Morgan fingerprint density at radius 1 is 0.883 bits per heavy atom. The summed E-state index contributed by atoms with van der Waals surface area (Å²) in [6, 6.07) is 18.1. The maximum atomic E-state index is 14.2.